The lowest BCUT2D eigenvalue weighted by atomic mass is 10.1. The summed E-state index contributed by atoms with van der Waals surface area (Å²) in [4.78, 5) is 4.16. The van der Waals surface area contributed by atoms with Gasteiger partial charge in [0.25, 0.3) is 0 Å². The number of thiophene rings is 1. The van der Waals surface area contributed by atoms with Gasteiger partial charge < -0.3 is 5.32 Å². The number of hydrogen-bond donors (Lipinski definition) is 1. The van der Waals surface area contributed by atoms with Crippen LogP contribution in [0.5, 0.6) is 0 Å². The fraction of sp³-hybridized carbons (Fsp3) is 0.333. The zero-order valence-electron chi connectivity index (χ0n) is 11.1. The standard InChI is InChI=1S/C15H19NS2/c1-4-12-9-10-14(18-12)15(16-2)11-5-7-13(17-3)8-6-11/h5-10,15-16H,4H2,1-3H3. The molecule has 18 heavy (non-hydrogen) atoms. The van der Waals surface area contributed by atoms with E-state index in [0.717, 1.165) is 6.42 Å². The van der Waals surface area contributed by atoms with Crippen molar-refractivity contribution in [3.63, 3.8) is 0 Å². The molecule has 3 heteroatoms. The van der Waals surface area contributed by atoms with E-state index in [1.807, 2.05) is 18.4 Å². The minimum absolute atomic E-state index is 0.311. The van der Waals surface area contributed by atoms with E-state index < -0.39 is 0 Å². The van der Waals surface area contributed by atoms with Gasteiger partial charge in [-0.15, -0.1) is 23.1 Å². The molecule has 0 aliphatic carbocycles. The normalized spacial score (nSPS) is 12.6. The van der Waals surface area contributed by atoms with E-state index in [1.54, 1.807) is 11.8 Å². The Bertz CT molecular complexity index is 487. The fourth-order valence-corrected chi connectivity index (χ4v) is 3.51. The van der Waals surface area contributed by atoms with Crippen LogP contribution in [0.1, 0.15) is 28.3 Å². The van der Waals surface area contributed by atoms with E-state index in [4.69, 9.17) is 0 Å². The van der Waals surface area contributed by atoms with Crippen molar-refractivity contribution >= 4 is 23.1 Å². The summed E-state index contributed by atoms with van der Waals surface area (Å²) in [6.07, 6.45) is 3.23. The largest absolute Gasteiger partial charge is 0.309 e. The summed E-state index contributed by atoms with van der Waals surface area (Å²) in [7, 11) is 2.03. The van der Waals surface area contributed by atoms with Crippen molar-refractivity contribution in [1.29, 1.82) is 0 Å². The first kappa shape index (κ1) is 13.7. The first-order chi connectivity index (χ1) is 8.78. The summed E-state index contributed by atoms with van der Waals surface area (Å²) in [5, 5.41) is 3.41. The third-order valence-corrected chi connectivity index (χ3v) is 5.09. The Labute approximate surface area is 118 Å². The van der Waals surface area contributed by atoms with Gasteiger partial charge in [-0.2, -0.15) is 0 Å². The number of hydrogen-bond acceptors (Lipinski definition) is 3. The molecule has 0 radical (unpaired) electrons. The third kappa shape index (κ3) is 2.97. The van der Waals surface area contributed by atoms with E-state index in [2.05, 4.69) is 54.9 Å². The van der Waals surface area contributed by atoms with Crippen LogP contribution in [-0.2, 0) is 6.42 Å². The molecule has 1 aromatic carbocycles. The molecule has 0 aliphatic heterocycles. The van der Waals surface area contributed by atoms with Gasteiger partial charge in [0.2, 0.25) is 0 Å². The van der Waals surface area contributed by atoms with Crippen LogP contribution in [0.2, 0.25) is 0 Å². The molecule has 0 saturated heterocycles. The smallest absolute Gasteiger partial charge is 0.0668 e. The lowest BCUT2D eigenvalue weighted by Crippen LogP contribution is -2.16. The number of thioether (sulfide) groups is 1. The summed E-state index contributed by atoms with van der Waals surface area (Å²) >= 11 is 3.69. The van der Waals surface area contributed by atoms with Crippen molar-refractivity contribution in [1.82, 2.24) is 5.32 Å². The highest BCUT2D eigenvalue weighted by Crippen LogP contribution is 2.29. The molecular weight excluding hydrogens is 258 g/mol. The van der Waals surface area contributed by atoms with Crippen LogP contribution in [0.15, 0.2) is 41.3 Å². The van der Waals surface area contributed by atoms with E-state index in [0.29, 0.717) is 6.04 Å². The molecule has 2 aromatic rings. The number of benzene rings is 1. The van der Waals surface area contributed by atoms with Gasteiger partial charge in [-0.25, -0.2) is 0 Å². The Morgan fingerprint density at radius 2 is 1.89 bits per heavy atom. The van der Waals surface area contributed by atoms with Crippen LogP contribution in [0.3, 0.4) is 0 Å². The molecule has 2 rings (SSSR count). The van der Waals surface area contributed by atoms with E-state index in [9.17, 15) is 0 Å². The van der Waals surface area contributed by atoms with Crippen molar-refractivity contribution < 1.29 is 0 Å². The van der Waals surface area contributed by atoms with Crippen LogP contribution in [0.25, 0.3) is 0 Å². The molecule has 0 fully saturated rings. The van der Waals surface area contributed by atoms with Gasteiger partial charge in [-0.3, -0.25) is 0 Å². The number of rotatable bonds is 5. The molecule has 1 aromatic heterocycles. The van der Waals surface area contributed by atoms with Crippen molar-refractivity contribution in [2.24, 2.45) is 0 Å². The molecule has 96 valence electrons. The second-order valence-corrected chi connectivity index (χ2v) is 6.23. The highest BCUT2D eigenvalue weighted by atomic mass is 32.2. The number of nitrogens with one attached hydrogen (secondary N) is 1. The summed E-state index contributed by atoms with van der Waals surface area (Å²) in [5.41, 5.74) is 1.33. The first-order valence-corrected chi connectivity index (χ1v) is 8.22. The predicted molar refractivity (Wildman–Crippen MR) is 82.8 cm³/mol. The lowest BCUT2D eigenvalue weighted by Gasteiger charge is -2.15. The monoisotopic (exact) mass is 277 g/mol. The van der Waals surface area contributed by atoms with Gasteiger partial charge in [0, 0.05) is 14.6 Å². The molecule has 0 spiro atoms. The van der Waals surface area contributed by atoms with E-state index in [-0.39, 0.29) is 0 Å². The second-order valence-electron chi connectivity index (χ2n) is 4.15. The molecular formula is C15H19NS2. The zero-order chi connectivity index (χ0) is 13.0. The summed E-state index contributed by atoms with van der Waals surface area (Å²) in [5.74, 6) is 0. The van der Waals surface area contributed by atoms with Crippen LogP contribution >= 0.6 is 23.1 Å². The second kappa shape index (κ2) is 6.41. The van der Waals surface area contributed by atoms with Crippen molar-refractivity contribution in [2.75, 3.05) is 13.3 Å². The van der Waals surface area contributed by atoms with Gasteiger partial charge in [0.15, 0.2) is 0 Å². The quantitative estimate of drug-likeness (QED) is 0.816. The Kier molecular flexibility index (Phi) is 4.87. The molecule has 1 unspecified atom stereocenters. The fourth-order valence-electron chi connectivity index (χ4n) is 2.01. The molecule has 1 heterocycles. The van der Waals surface area contributed by atoms with Crippen LogP contribution in [-0.4, -0.2) is 13.3 Å². The molecule has 0 saturated carbocycles. The Balaban J connectivity index is 2.26. The molecule has 1 N–H and O–H groups in total. The maximum Gasteiger partial charge on any atom is 0.0668 e. The van der Waals surface area contributed by atoms with Gasteiger partial charge >= 0.3 is 0 Å². The van der Waals surface area contributed by atoms with Gasteiger partial charge in [-0.05, 0) is 49.6 Å². The molecule has 0 amide bonds. The van der Waals surface area contributed by atoms with Gasteiger partial charge in [0.1, 0.15) is 0 Å². The average Bonchev–Trinajstić information content (AvgIpc) is 2.89. The zero-order valence-corrected chi connectivity index (χ0v) is 12.7. The van der Waals surface area contributed by atoms with Crippen molar-refractivity contribution in [2.45, 2.75) is 24.3 Å². The van der Waals surface area contributed by atoms with Crippen molar-refractivity contribution in [3.8, 4) is 0 Å². The third-order valence-electron chi connectivity index (χ3n) is 3.05. The molecule has 0 aliphatic rings. The maximum absolute atomic E-state index is 3.41. The van der Waals surface area contributed by atoms with Gasteiger partial charge in [-0.1, -0.05) is 19.1 Å². The number of aryl methyl sites for hydroxylation is 1. The molecule has 1 nitrogen and oxygen atoms in total. The predicted octanol–water partition coefficient (Wildman–Crippen LogP) is 4.34. The van der Waals surface area contributed by atoms with Crippen LogP contribution < -0.4 is 5.32 Å². The minimum atomic E-state index is 0.311. The Morgan fingerprint density at radius 1 is 1.17 bits per heavy atom. The summed E-state index contributed by atoms with van der Waals surface area (Å²) in [6.45, 7) is 2.21. The maximum atomic E-state index is 3.41. The topological polar surface area (TPSA) is 12.0 Å². The highest BCUT2D eigenvalue weighted by molar-refractivity contribution is 7.98. The first-order valence-electron chi connectivity index (χ1n) is 6.18. The summed E-state index contributed by atoms with van der Waals surface area (Å²) in [6, 6.07) is 13.6. The minimum Gasteiger partial charge on any atom is -0.309 e. The summed E-state index contributed by atoms with van der Waals surface area (Å²) < 4.78 is 0. The lowest BCUT2D eigenvalue weighted by molar-refractivity contribution is 0.703. The SMILES string of the molecule is CCc1ccc(C(NC)c2ccc(SC)cc2)s1. The van der Waals surface area contributed by atoms with Crippen molar-refractivity contribution in [3.05, 3.63) is 51.7 Å². The van der Waals surface area contributed by atoms with E-state index >= 15 is 0 Å². The van der Waals surface area contributed by atoms with Crippen LogP contribution in [0, 0.1) is 0 Å². The van der Waals surface area contributed by atoms with E-state index in [1.165, 1.54) is 20.2 Å². The molecule has 0 bridgehead atoms. The van der Waals surface area contributed by atoms with Gasteiger partial charge in [0.05, 0.1) is 6.04 Å². The Hall–Kier alpha value is -0.770. The Morgan fingerprint density at radius 3 is 2.39 bits per heavy atom. The average molecular weight is 277 g/mol. The van der Waals surface area contributed by atoms with Crippen LogP contribution in [0.4, 0.5) is 0 Å². The molecule has 1 atom stereocenters. The highest BCUT2D eigenvalue weighted by Gasteiger charge is 2.13.